The second-order valence-electron chi connectivity index (χ2n) is 6.93. The number of esters is 2. The van der Waals surface area contributed by atoms with Crippen molar-refractivity contribution in [3.05, 3.63) is 59.7 Å². The van der Waals surface area contributed by atoms with Gasteiger partial charge in [-0.1, -0.05) is 25.5 Å². The molecule has 0 radical (unpaired) electrons. The molecule has 0 saturated carbocycles. The summed E-state index contributed by atoms with van der Waals surface area (Å²) < 4.78 is 15.1. The molecule has 170 valence electrons. The highest BCUT2D eigenvalue weighted by Gasteiger charge is 2.13. The van der Waals surface area contributed by atoms with Crippen LogP contribution in [0.3, 0.4) is 0 Å². The molecule has 0 fully saturated rings. The molecule has 1 N–H and O–H groups in total. The van der Waals surface area contributed by atoms with Crippen LogP contribution in [0.15, 0.2) is 48.5 Å². The molecular weight excluding hydrogens is 414 g/mol. The Bertz CT molecular complexity index is 938. The van der Waals surface area contributed by atoms with Crippen molar-refractivity contribution in [2.45, 2.75) is 32.6 Å². The second-order valence-corrected chi connectivity index (χ2v) is 6.93. The van der Waals surface area contributed by atoms with Crippen LogP contribution < -0.4 is 10.1 Å². The first kappa shape index (κ1) is 24.6. The van der Waals surface area contributed by atoms with Gasteiger partial charge in [-0.3, -0.25) is 14.4 Å². The van der Waals surface area contributed by atoms with Crippen LogP contribution in [0.2, 0.25) is 0 Å². The van der Waals surface area contributed by atoms with Crippen LogP contribution in [-0.4, -0.2) is 44.0 Å². The highest BCUT2D eigenvalue weighted by molar-refractivity contribution is 5.98. The Hall–Kier alpha value is -3.68. The Balaban J connectivity index is 1.72. The van der Waals surface area contributed by atoms with Gasteiger partial charge in [-0.05, 0) is 42.8 Å². The molecule has 2 rings (SSSR count). The number of anilines is 1. The van der Waals surface area contributed by atoms with Gasteiger partial charge >= 0.3 is 11.9 Å². The molecule has 0 aliphatic carbocycles. The van der Waals surface area contributed by atoms with Gasteiger partial charge in [0.05, 0.1) is 25.7 Å². The molecule has 0 aliphatic heterocycles. The fourth-order valence-electron chi connectivity index (χ4n) is 2.62. The molecule has 0 aliphatic rings. The number of Topliss-reactive ketones (excluding diaryl/α,β-unsaturated/α-hetero) is 1. The lowest BCUT2D eigenvalue weighted by molar-refractivity contribution is -0.143. The van der Waals surface area contributed by atoms with Crippen molar-refractivity contribution < 1.29 is 33.4 Å². The van der Waals surface area contributed by atoms with Gasteiger partial charge in [0.2, 0.25) is 5.91 Å². The number of nitrogens with one attached hydrogen (secondary N) is 1. The van der Waals surface area contributed by atoms with E-state index in [0.717, 1.165) is 12.8 Å². The number of amides is 1. The number of unbranched alkanes of at least 4 members (excludes halogenated alkanes) is 1. The SMILES string of the molecule is CCCCOC(=O)c1ccc(NC(=O)CCC(=O)OCC(=O)c2cccc(OC)c2)cc1. The number of hydrogen-bond acceptors (Lipinski definition) is 7. The Morgan fingerprint density at radius 3 is 2.34 bits per heavy atom. The van der Waals surface area contributed by atoms with E-state index in [1.54, 1.807) is 48.5 Å². The van der Waals surface area contributed by atoms with Crippen molar-refractivity contribution in [1.82, 2.24) is 0 Å². The zero-order valence-electron chi connectivity index (χ0n) is 18.2. The molecule has 2 aromatic rings. The number of carbonyl (C=O) groups excluding carboxylic acids is 4. The highest BCUT2D eigenvalue weighted by Crippen LogP contribution is 2.14. The van der Waals surface area contributed by atoms with Crippen molar-refractivity contribution in [1.29, 1.82) is 0 Å². The maximum absolute atomic E-state index is 12.1. The van der Waals surface area contributed by atoms with Crippen molar-refractivity contribution in [3.8, 4) is 5.75 Å². The van der Waals surface area contributed by atoms with Crippen molar-refractivity contribution in [2.75, 3.05) is 25.6 Å². The number of methoxy groups -OCH3 is 1. The van der Waals surface area contributed by atoms with E-state index in [2.05, 4.69) is 5.32 Å². The summed E-state index contributed by atoms with van der Waals surface area (Å²) in [6.45, 7) is 1.96. The molecule has 0 unspecified atom stereocenters. The third-order valence-electron chi connectivity index (χ3n) is 4.45. The number of ether oxygens (including phenoxy) is 3. The number of benzene rings is 2. The zero-order chi connectivity index (χ0) is 23.3. The minimum atomic E-state index is -0.651. The van der Waals surface area contributed by atoms with Gasteiger partial charge < -0.3 is 19.5 Å². The lowest BCUT2D eigenvalue weighted by atomic mass is 10.1. The fraction of sp³-hybridized carbons (Fsp3) is 0.333. The fourth-order valence-corrected chi connectivity index (χ4v) is 2.62. The first-order valence-electron chi connectivity index (χ1n) is 10.3. The van der Waals surface area contributed by atoms with E-state index in [-0.39, 0.29) is 24.5 Å². The topological polar surface area (TPSA) is 108 Å². The largest absolute Gasteiger partial charge is 0.497 e. The normalized spacial score (nSPS) is 10.2. The van der Waals surface area contributed by atoms with Gasteiger partial charge in [0, 0.05) is 17.7 Å². The molecule has 1 amide bonds. The van der Waals surface area contributed by atoms with E-state index in [0.29, 0.717) is 29.2 Å². The molecular formula is C24H27NO7. The lowest BCUT2D eigenvalue weighted by Gasteiger charge is -2.08. The molecule has 32 heavy (non-hydrogen) atoms. The highest BCUT2D eigenvalue weighted by atomic mass is 16.5. The van der Waals surface area contributed by atoms with Crippen LogP contribution in [0.25, 0.3) is 0 Å². The van der Waals surface area contributed by atoms with Gasteiger partial charge in [0.25, 0.3) is 0 Å². The predicted molar refractivity (Wildman–Crippen MR) is 118 cm³/mol. The summed E-state index contributed by atoms with van der Waals surface area (Å²) in [7, 11) is 1.49. The summed E-state index contributed by atoms with van der Waals surface area (Å²) in [4.78, 5) is 47.9. The Morgan fingerprint density at radius 2 is 1.66 bits per heavy atom. The third kappa shape index (κ3) is 8.22. The van der Waals surface area contributed by atoms with Crippen molar-refractivity contribution in [2.24, 2.45) is 0 Å². The van der Waals surface area contributed by atoms with Crippen LogP contribution in [0, 0.1) is 0 Å². The van der Waals surface area contributed by atoms with Gasteiger partial charge in [-0.25, -0.2) is 4.79 Å². The molecule has 0 spiro atoms. The molecule has 0 aromatic heterocycles. The van der Waals surface area contributed by atoms with Gasteiger partial charge in [0.1, 0.15) is 5.75 Å². The maximum Gasteiger partial charge on any atom is 0.338 e. The Labute approximate surface area is 186 Å². The maximum atomic E-state index is 12.1. The summed E-state index contributed by atoms with van der Waals surface area (Å²) in [5.41, 5.74) is 1.25. The lowest BCUT2D eigenvalue weighted by Crippen LogP contribution is -2.17. The molecule has 8 heteroatoms. The minimum Gasteiger partial charge on any atom is -0.497 e. The number of hydrogen-bond donors (Lipinski definition) is 1. The molecule has 0 saturated heterocycles. The Kier molecular flexibility index (Phi) is 9.90. The van der Waals surface area contributed by atoms with Crippen molar-refractivity contribution >= 4 is 29.3 Å². The predicted octanol–water partition coefficient (Wildman–Crippen LogP) is 3.80. The van der Waals surface area contributed by atoms with Crippen LogP contribution in [0.4, 0.5) is 5.69 Å². The smallest absolute Gasteiger partial charge is 0.338 e. The summed E-state index contributed by atoms with van der Waals surface area (Å²) in [5, 5.41) is 2.64. The molecule has 0 heterocycles. The molecule has 0 atom stereocenters. The Morgan fingerprint density at radius 1 is 0.906 bits per heavy atom. The summed E-state index contributed by atoms with van der Waals surface area (Å²) in [6.07, 6.45) is 1.47. The van der Waals surface area contributed by atoms with E-state index in [4.69, 9.17) is 14.2 Å². The van der Waals surface area contributed by atoms with E-state index < -0.39 is 18.5 Å². The number of rotatable bonds is 12. The summed E-state index contributed by atoms with van der Waals surface area (Å²) in [6, 6.07) is 12.8. The monoisotopic (exact) mass is 441 g/mol. The van der Waals surface area contributed by atoms with E-state index >= 15 is 0 Å². The van der Waals surface area contributed by atoms with Crippen LogP contribution in [0.5, 0.6) is 5.75 Å². The van der Waals surface area contributed by atoms with E-state index in [1.165, 1.54) is 7.11 Å². The number of ketones is 1. The molecule has 2 aromatic carbocycles. The average molecular weight is 441 g/mol. The zero-order valence-corrected chi connectivity index (χ0v) is 18.2. The standard InChI is InChI=1S/C24H27NO7/c1-3-4-14-31-24(29)17-8-10-19(11-9-17)25-22(27)12-13-23(28)32-16-21(26)18-6-5-7-20(15-18)30-2/h5-11,15H,3-4,12-14,16H2,1-2H3,(H,25,27). The first-order valence-corrected chi connectivity index (χ1v) is 10.3. The minimum absolute atomic E-state index is 0.104. The van der Waals surface area contributed by atoms with Crippen LogP contribution in [-0.2, 0) is 19.1 Å². The quantitative estimate of drug-likeness (QED) is 0.303. The average Bonchev–Trinajstić information content (AvgIpc) is 2.81. The van der Waals surface area contributed by atoms with Gasteiger partial charge in [0.15, 0.2) is 12.4 Å². The van der Waals surface area contributed by atoms with Crippen molar-refractivity contribution in [3.63, 3.8) is 0 Å². The summed E-state index contributed by atoms with van der Waals surface area (Å²) in [5.74, 6) is -1.29. The molecule has 8 nitrogen and oxygen atoms in total. The second kappa shape index (κ2) is 12.9. The third-order valence-corrected chi connectivity index (χ3v) is 4.45. The van der Waals surface area contributed by atoms with Crippen LogP contribution in [0.1, 0.15) is 53.3 Å². The number of carbonyl (C=O) groups is 4. The van der Waals surface area contributed by atoms with Gasteiger partial charge in [-0.2, -0.15) is 0 Å². The van der Waals surface area contributed by atoms with Crippen LogP contribution >= 0.6 is 0 Å². The van der Waals surface area contributed by atoms with E-state index in [9.17, 15) is 19.2 Å². The molecule has 0 bridgehead atoms. The van der Waals surface area contributed by atoms with Gasteiger partial charge in [-0.15, -0.1) is 0 Å². The van der Waals surface area contributed by atoms with E-state index in [1.807, 2.05) is 6.92 Å². The summed E-state index contributed by atoms with van der Waals surface area (Å²) >= 11 is 0. The first-order chi connectivity index (χ1) is 15.4.